The van der Waals surface area contributed by atoms with Crippen LogP contribution in [0, 0.1) is 5.82 Å². The molecule has 0 unspecified atom stereocenters. The van der Waals surface area contributed by atoms with Gasteiger partial charge in [0, 0.05) is 11.8 Å². The van der Waals surface area contributed by atoms with E-state index in [2.05, 4.69) is 15.5 Å². The summed E-state index contributed by atoms with van der Waals surface area (Å²) in [4.78, 5) is 3.55. The molecule has 110 valence electrons. The van der Waals surface area contributed by atoms with Gasteiger partial charge >= 0.3 is 6.18 Å². The van der Waals surface area contributed by atoms with E-state index < -0.39 is 17.6 Å². The summed E-state index contributed by atoms with van der Waals surface area (Å²) in [6.45, 7) is 0. The highest BCUT2D eigenvalue weighted by Crippen LogP contribution is 2.28. The molecule has 0 fully saturated rings. The van der Waals surface area contributed by atoms with Crippen molar-refractivity contribution in [1.29, 1.82) is 0 Å². The van der Waals surface area contributed by atoms with E-state index in [-0.39, 0.29) is 16.4 Å². The number of hydrogen-bond donors (Lipinski definition) is 1. The largest absolute Gasteiger partial charge is 0.417 e. The fourth-order valence-corrected chi connectivity index (χ4v) is 1.64. The maximum atomic E-state index is 13.4. The average Bonchev–Trinajstić information content (AvgIpc) is 2.42. The van der Waals surface area contributed by atoms with Crippen LogP contribution in [0.25, 0.3) is 0 Å². The summed E-state index contributed by atoms with van der Waals surface area (Å²) in [5.74, 6) is -0.472. The molecule has 0 amide bonds. The first-order chi connectivity index (χ1) is 9.88. The predicted octanol–water partition coefficient (Wildman–Crippen LogP) is 4.34. The Morgan fingerprint density at radius 1 is 1.19 bits per heavy atom. The molecule has 2 aromatic rings. The number of aromatic nitrogens is 1. The summed E-state index contributed by atoms with van der Waals surface area (Å²) in [7, 11) is 0. The molecule has 8 heteroatoms. The first-order valence-corrected chi connectivity index (χ1v) is 6.02. The third-order valence-corrected chi connectivity index (χ3v) is 2.79. The quantitative estimate of drug-likeness (QED) is 0.519. The third-order valence-electron chi connectivity index (χ3n) is 2.46. The van der Waals surface area contributed by atoms with Gasteiger partial charge in [0.25, 0.3) is 0 Å². The maximum Gasteiger partial charge on any atom is 0.417 e. The van der Waals surface area contributed by atoms with Gasteiger partial charge in [0.15, 0.2) is 0 Å². The minimum Gasteiger partial charge on any atom is -0.261 e. The number of nitrogens with one attached hydrogen (secondary N) is 1. The van der Waals surface area contributed by atoms with Crippen LogP contribution in [-0.4, -0.2) is 11.2 Å². The van der Waals surface area contributed by atoms with Crippen LogP contribution in [0.2, 0.25) is 5.02 Å². The fourth-order valence-electron chi connectivity index (χ4n) is 1.42. The Morgan fingerprint density at radius 3 is 2.52 bits per heavy atom. The Morgan fingerprint density at radius 2 is 1.95 bits per heavy atom. The van der Waals surface area contributed by atoms with Crippen molar-refractivity contribution in [2.24, 2.45) is 5.10 Å². The van der Waals surface area contributed by atoms with Gasteiger partial charge in [0.1, 0.15) is 11.6 Å². The van der Waals surface area contributed by atoms with Crippen LogP contribution < -0.4 is 5.43 Å². The van der Waals surface area contributed by atoms with Gasteiger partial charge in [0.05, 0.1) is 16.8 Å². The molecule has 1 aromatic heterocycles. The molecule has 0 bridgehead atoms. The summed E-state index contributed by atoms with van der Waals surface area (Å²) < 4.78 is 50.4. The summed E-state index contributed by atoms with van der Waals surface area (Å²) in [5.41, 5.74) is 1.59. The average molecular weight is 318 g/mol. The Kier molecular flexibility index (Phi) is 4.42. The number of rotatable bonds is 3. The zero-order valence-corrected chi connectivity index (χ0v) is 11.1. The molecule has 1 heterocycles. The molecular weight excluding hydrogens is 310 g/mol. The van der Waals surface area contributed by atoms with Gasteiger partial charge in [-0.1, -0.05) is 17.7 Å². The summed E-state index contributed by atoms with van der Waals surface area (Å²) in [6.07, 6.45) is -2.65. The monoisotopic (exact) mass is 317 g/mol. The van der Waals surface area contributed by atoms with Gasteiger partial charge in [-0.05, 0) is 24.3 Å². The van der Waals surface area contributed by atoms with Crippen molar-refractivity contribution < 1.29 is 17.6 Å². The SMILES string of the molecule is Fc1cccc(Cl)c1/C=N/Nc1ccc(C(F)(F)F)cn1. The smallest absolute Gasteiger partial charge is 0.261 e. The van der Waals surface area contributed by atoms with Crippen LogP contribution in [0.4, 0.5) is 23.4 Å². The zero-order valence-electron chi connectivity index (χ0n) is 10.3. The van der Waals surface area contributed by atoms with Crippen molar-refractivity contribution in [3.05, 3.63) is 58.5 Å². The molecule has 1 N–H and O–H groups in total. The zero-order chi connectivity index (χ0) is 15.5. The normalized spacial score (nSPS) is 11.9. The molecular formula is C13H8ClF4N3. The highest BCUT2D eigenvalue weighted by atomic mass is 35.5. The van der Waals surface area contributed by atoms with E-state index in [1.54, 1.807) is 0 Å². The van der Waals surface area contributed by atoms with Crippen LogP contribution >= 0.6 is 11.6 Å². The summed E-state index contributed by atoms with van der Waals surface area (Å²) >= 11 is 5.78. The second-order valence-corrected chi connectivity index (χ2v) is 4.34. The number of alkyl halides is 3. The van der Waals surface area contributed by atoms with E-state index in [9.17, 15) is 17.6 Å². The highest BCUT2D eigenvalue weighted by Gasteiger charge is 2.30. The van der Waals surface area contributed by atoms with Crippen molar-refractivity contribution in [2.45, 2.75) is 6.18 Å². The van der Waals surface area contributed by atoms with E-state index in [1.807, 2.05) is 0 Å². The molecule has 3 nitrogen and oxygen atoms in total. The lowest BCUT2D eigenvalue weighted by atomic mass is 10.2. The topological polar surface area (TPSA) is 37.3 Å². The Hall–Kier alpha value is -2.15. The second-order valence-electron chi connectivity index (χ2n) is 3.94. The first-order valence-electron chi connectivity index (χ1n) is 5.64. The highest BCUT2D eigenvalue weighted by molar-refractivity contribution is 6.33. The maximum absolute atomic E-state index is 13.4. The van der Waals surface area contributed by atoms with Crippen molar-refractivity contribution in [1.82, 2.24) is 4.98 Å². The van der Waals surface area contributed by atoms with Crippen molar-refractivity contribution in [3.8, 4) is 0 Å². The lowest BCUT2D eigenvalue weighted by Crippen LogP contribution is -2.05. The lowest BCUT2D eigenvalue weighted by molar-refractivity contribution is -0.137. The third kappa shape index (κ3) is 3.91. The van der Waals surface area contributed by atoms with E-state index in [4.69, 9.17) is 11.6 Å². The lowest BCUT2D eigenvalue weighted by Gasteiger charge is -2.06. The number of hydrazone groups is 1. The standard InChI is InChI=1S/C13H8ClF4N3/c14-10-2-1-3-11(15)9(10)7-20-21-12-5-4-8(6-19-12)13(16,17)18/h1-7H,(H,19,21)/b20-7+. The van der Waals surface area contributed by atoms with Gasteiger partial charge in [-0.3, -0.25) is 5.43 Å². The number of anilines is 1. The molecule has 1 aromatic carbocycles. The molecule has 0 atom stereocenters. The van der Waals surface area contributed by atoms with Gasteiger partial charge < -0.3 is 0 Å². The van der Waals surface area contributed by atoms with Crippen LogP contribution in [0.5, 0.6) is 0 Å². The number of pyridine rings is 1. The molecule has 0 spiro atoms. The van der Waals surface area contributed by atoms with E-state index in [0.717, 1.165) is 18.3 Å². The minimum absolute atomic E-state index is 0.0681. The van der Waals surface area contributed by atoms with E-state index in [1.165, 1.54) is 18.2 Å². The fraction of sp³-hybridized carbons (Fsp3) is 0.0769. The van der Waals surface area contributed by atoms with Crippen LogP contribution in [-0.2, 0) is 6.18 Å². The molecule has 2 rings (SSSR count). The van der Waals surface area contributed by atoms with E-state index >= 15 is 0 Å². The first kappa shape index (κ1) is 15.2. The number of halogens is 5. The van der Waals surface area contributed by atoms with Crippen LogP contribution in [0.15, 0.2) is 41.6 Å². The molecule has 0 saturated heterocycles. The molecule has 0 aliphatic carbocycles. The molecule has 0 aliphatic rings. The van der Waals surface area contributed by atoms with Crippen LogP contribution in [0.3, 0.4) is 0 Å². The van der Waals surface area contributed by atoms with Gasteiger partial charge in [-0.2, -0.15) is 18.3 Å². The minimum atomic E-state index is -4.45. The Labute approximate surface area is 122 Å². The predicted molar refractivity (Wildman–Crippen MR) is 71.9 cm³/mol. The molecule has 0 radical (unpaired) electrons. The molecule has 21 heavy (non-hydrogen) atoms. The number of benzene rings is 1. The number of nitrogens with zero attached hydrogens (tertiary/aromatic N) is 2. The Bertz CT molecular complexity index is 633. The summed E-state index contributed by atoms with van der Waals surface area (Å²) in [5, 5.41) is 3.85. The van der Waals surface area contributed by atoms with Crippen molar-refractivity contribution in [2.75, 3.05) is 5.43 Å². The van der Waals surface area contributed by atoms with Gasteiger partial charge in [-0.25, -0.2) is 9.37 Å². The van der Waals surface area contributed by atoms with Crippen molar-refractivity contribution >= 4 is 23.6 Å². The van der Waals surface area contributed by atoms with Crippen LogP contribution in [0.1, 0.15) is 11.1 Å². The Balaban J connectivity index is 2.08. The molecule has 0 saturated carbocycles. The van der Waals surface area contributed by atoms with Gasteiger partial charge in [-0.15, -0.1) is 0 Å². The van der Waals surface area contributed by atoms with E-state index in [0.29, 0.717) is 6.20 Å². The summed E-state index contributed by atoms with van der Waals surface area (Å²) in [6, 6.07) is 6.12. The van der Waals surface area contributed by atoms with Crippen molar-refractivity contribution in [3.63, 3.8) is 0 Å². The number of hydrogen-bond acceptors (Lipinski definition) is 3. The second kappa shape index (κ2) is 6.09. The molecule has 0 aliphatic heterocycles. The van der Waals surface area contributed by atoms with Gasteiger partial charge in [0.2, 0.25) is 0 Å².